The Bertz CT molecular complexity index is 878. The van der Waals surface area contributed by atoms with Crippen LogP contribution in [-0.2, 0) is 11.3 Å². The first-order chi connectivity index (χ1) is 13.8. The fourth-order valence-electron chi connectivity index (χ4n) is 4.48. The molecule has 28 heavy (non-hydrogen) atoms. The molecule has 1 saturated carbocycles. The number of piperazine rings is 1. The van der Waals surface area contributed by atoms with Gasteiger partial charge in [-0.05, 0) is 56.2 Å². The van der Waals surface area contributed by atoms with Crippen molar-refractivity contribution in [2.45, 2.75) is 44.8 Å². The molecule has 150 valence electrons. The number of hydrogen-bond donors (Lipinski definition) is 0. The highest BCUT2D eigenvalue weighted by Crippen LogP contribution is 2.30. The zero-order valence-corrected chi connectivity index (χ0v) is 16.6. The molecular formula is C22H30N4O2. The van der Waals surface area contributed by atoms with Gasteiger partial charge in [-0.25, -0.2) is 4.98 Å². The summed E-state index contributed by atoms with van der Waals surface area (Å²) in [7, 11) is 0. The van der Waals surface area contributed by atoms with Crippen molar-refractivity contribution in [3.63, 3.8) is 0 Å². The van der Waals surface area contributed by atoms with Crippen LogP contribution in [0.2, 0.25) is 0 Å². The maximum absolute atomic E-state index is 12.7. The lowest BCUT2D eigenvalue weighted by Gasteiger charge is -2.38. The highest BCUT2D eigenvalue weighted by atomic mass is 16.5. The van der Waals surface area contributed by atoms with Crippen molar-refractivity contribution in [2.75, 3.05) is 44.2 Å². The van der Waals surface area contributed by atoms with Gasteiger partial charge >= 0.3 is 0 Å². The van der Waals surface area contributed by atoms with Crippen molar-refractivity contribution < 1.29 is 4.74 Å². The van der Waals surface area contributed by atoms with Gasteiger partial charge in [0.15, 0.2) is 0 Å². The van der Waals surface area contributed by atoms with E-state index in [1.165, 1.54) is 37.8 Å². The third kappa shape index (κ3) is 3.94. The predicted molar refractivity (Wildman–Crippen MR) is 111 cm³/mol. The summed E-state index contributed by atoms with van der Waals surface area (Å²) in [5.41, 5.74) is 2.08. The molecule has 0 radical (unpaired) electrons. The smallest absolute Gasteiger partial charge is 0.261 e. The Morgan fingerprint density at radius 1 is 1.04 bits per heavy atom. The Morgan fingerprint density at radius 3 is 2.64 bits per heavy atom. The van der Waals surface area contributed by atoms with Crippen molar-refractivity contribution in [1.82, 2.24) is 14.5 Å². The molecule has 2 aromatic rings. The maximum Gasteiger partial charge on any atom is 0.261 e. The Labute approximate surface area is 166 Å². The second-order valence-corrected chi connectivity index (χ2v) is 8.62. The van der Waals surface area contributed by atoms with E-state index in [0.717, 1.165) is 56.8 Å². The molecule has 0 spiro atoms. The van der Waals surface area contributed by atoms with E-state index in [9.17, 15) is 4.79 Å². The highest BCUT2D eigenvalue weighted by Gasteiger charge is 2.24. The third-order valence-corrected chi connectivity index (χ3v) is 6.43. The zero-order valence-electron chi connectivity index (χ0n) is 16.6. The second kappa shape index (κ2) is 7.84. The summed E-state index contributed by atoms with van der Waals surface area (Å²) in [5, 5.41) is 0.736. The molecule has 1 aliphatic carbocycles. The molecule has 6 nitrogen and oxygen atoms in total. The van der Waals surface area contributed by atoms with E-state index < -0.39 is 0 Å². The Hall–Kier alpha value is -1.92. The molecule has 1 unspecified atom stereocenters. The number of anilines is 1. The molecule has 5 rings (SSSR count). The van der Waals surface area contributed by atoms with Gasteiger partial charge in [0.2, 0.25) is 0 Å². The molecule has 3 heterocycles. The van der Waals surface area contributed by atoms with Gasteiger partial charge in [0.25, 0.3) is 5.56 Å². The first kappa shape index (κ1) is 18.1. The number of benzene rings is 1. The molecule has 1 aromatic carbocycles. The van der Waals surface area contributed by atoms with Crippen LogP contribution in [0.25, 0.3) is 10.9 Å². The number of fused-ring (bicyclic) bond motifs is 1. The molecule has 6 heteroatoms. The summed E-state index contributed by atoms with van der Waals surface area (Å²) in [6.45, 7) is 6.96. The van der Waals surface area contributed by atoms with E-state index in [1.807, 2.05) is 6.07 Å². The van der Waals surface area contributed by atoms with Gasteiger partial charge < -0.3 is 9.64 Å². The average molecular weight is 383 g/mol. The fourth-order valence-corrected chi connectivity index (χ4v) is 4.48. The van der Waals surface area contributed by atoms with E-state index in [0.29, 0.717) is 12.0 Å². The van der Waals surface area contributed by atoms with Crippen molar-refractivity contribution in [3.8, 4) is 0 Å². The molecule has 0 N–H and O–H groups in total. The van der Waals surface area contributed by atoms with Gasteiger partial charge in [0, 0.05) is 51.6 Å². The molecule has 0 bridgehead atoms. The monoisotopic (exact) mass is 382 g/mol. The lowest BCUT2D eigenvalue weighted by atomic mass is 10.1. The SMILES string of the molecule is O=c1c2ccc(N3CCN(CC4CCCCO4)CC3)cc2ncn1CC1CC1. The minimum atomic E-state index is 0.0979. The van der Waals surface area contributed by atoms with Crippen LogP contribution in [0, 0.1) is 5.92 Å². The van der Waals surface area contributed by atoms with E-state index in [-0.39, 0.29) is 5.56 Å². The predicted octanol–water partition coefficient (Wildman–Crippen LogP) is 2.50. The third-order valence-electron chi connectivity index (χ3n) is 6.43. The summed E-state index contributed by atoms with van der Waals surface area (Å²) in [4.78, 5) is 22.2. The van der Waals surface area contributed by atoms with Crippen LogP contribution in [-0.4, -0.2) is 59.9 Å². The summed E-state index contributed by atoms with van der Waals surface area (Å²) in [5.74, 6) is 0.673. The number of rotatable bonds is 5. The molecule has 1 aromatic heterocycles. The van der Waals surface area contributed by atoms with Gasteiger partial charge in [-0.3, -0.25) is 14.3 Å². The van der Waals surface area contributed by atoms with E-state index in [2.05, 4.69) is 26.9 Å². The number of nitrogens with zero attached hydrogens (tertiary/aromatic N) is 4. The highest BCUT2D eigenvalue weighted by molar-refractivity contribution is 5.81. The van der Waals surface area contributed by atoms with Crippen molar-refractivity contribution >= 4 is 16.6 Å². The van der Waals surface area contributed by atoms with E-state index >= 15 is 0 Å². The molecular weight excluding hydrogens is 352 g/mol. The number of ether oxygens (including phenoxy) is 1. The summed E-state index contributed by atoms with van der Waals surface area (Å²) in [6, 6.07) is 6.14. The summed E-state index contributed by atoms with van der Waals surface area (Å²) < 4.78 is 7.68. The quantitative estimate of drug-likeness (QED) is 0.795. The fraction of sp³-hybridized carbons (Fsp3) is 0.636. The van der Waals surface area contributed by atoms with Gasteiger partial charge in [-0.15, -0.1) is 0 Å². The van der Waals surface area contributed by atoms with Crippen molar-refractivity contribution in [2.24, 2.45) is 5.92 Å². The van der Waals surface area contributed by atoms with Crippen LogP contribution in [0.1, 0.15) is 32.1 Å². The minimum Gasteiger partial charge on any atom is -0.377 e. The van der Waals surface area contributed by atoms with Crippen LogP contribution in [0.5, 0.6) is 0 Å². The maximum atomic E-state index is 12.7. The Kier molecular flexibility index (Phi) is 5.07. The minimum absolute atomic E-state index is 0.0979. The van der Waals surface area contributed by atoms with Crippen molar-refractivity contribution in [3.05, 3.63) is 34.9 Å². The van der Waals surface area contributed by atoms with Gasteiger partial charge in [0.1, 0.15) is 0 Å². The van der Waals surface area contributed by atoms with Gasteiger partial charge in [-0.2, -0.15) is 0 Å². The average Bonchev–Trinajstić information content (AvgIpc) is 3.55. The van der Waals surface area contributed by atoms with Crippen LogP contribution in [0.3, 0.4) is 0 Å². The topological polar surface area (TPSA) is 50.6 Å². The Balaban J connectivity index is 1.24. The lowest BCUT2D eigenvalue weighted by molar-refractivity contribution is -0.00644. The molecule has 2 saturated heterocycles. The second-order valence-electron chi connectivity index (χ2n) is 8.62. The van der Waals surface area contributed by atoms with Crippen LogP contribution >= 0.6 is 0 Å². The van der Waals surface area contributed by atoms with Gasteiger partial charge in [0.05, 0.1) is 23.3 Å². The molecule has 2 aliphatic heterocycles. The standard InChI is InChI=1S/C22H30N4O2/c27-22-20-7-6-18(13-21(20)23-16-26(22)14-17-4-5-17)25-10-8-24(9-11-25)15-19-3-1-2-12-28-19/h6-7,13,16-17,19H,1-5,8-12,14-15H2. The first-order valence-corrected chi connectivity index (χ1v) is 10.8. The van der Waals surface area contributed by atoms with Crippen LogP contribution in [0.4, 0.5) is 5.69 Å². The Morgan fingerprint density at radius 2 is 1.89 bits per heavy atom. The molecule has 1 atom stereocenters. The van der Waals surface area contributed by atoms with Crippen LogP contribution < -0.4 is 10.5 Å². The summed E-state index contributed by atoms with van der Waals surface area (Å²) >= 11 is 0. The molecule has 0 amide bonds. The van der Waals surface area contributed by atoms with Crippen molar-refractivity contribution in [1.29, 1.82) is 0 Å². The van der Waals surface area contributed by atoms with E-state index in [1.54, 1.807) is 10.9 Å². The zero-order chi connectivity index (χ0) is 18.9. The number of hydrogen-bond acceptors (Lipinski definition) is 5. The van der Waals surface area contributed by atoms with Gasteiger partial charge in [-0.1, -0.05) is 0 Å². The first-order valence-electron chi connectivity index (χ1n) is 10.8. The summed E-state index contributed by atoms with van der Waals surface area (Å²) in [6.07, 6.45) is 8.35. The molecule has 3 aliphatic rings. The number of aromatic nitrogens is 2. The van der Waals surface area contributed by atoms with Crippen LogP contribution in [0.15, 0.2) is 29.3 Å². The lowest BCUT2D eigenvalue weighted by Crippen LogP contribution is -2.49. The molecule has 3 fully saturated rings. The largest absolute Gasteiger partial charge is 0.377 e. The normalized spacial score (nSPS) is 24.0. The van der Waals surface area contributed by atoms with E-state index in [4.69, 9.17) is 4.74 Å².